The summed E-state index contributed by atoms with van der Waals surface area (Å²) in [7, 11) is 0. The zero-order valence-corrected chi connectivity index (χ0v) is 18.3. The molecular formula is C22H37N3O4. The number of hydrogen-bond acceptors (Lipinski definition) is 4. The minimum Gasteiger partial charge on any atom is -0.346 e. The molecule has 1 fully saturated rings. The highest BCUT2D eigenvalue weighted by molar-refractivity contribution is 6.38. The van der Waals surface area contributed by atoms with Gasteiger partial charge < -0.3 is 15.5 Å². The second-order valence-corrected chi connectivity index (χ2v) is 7.93. The lowest BCUT2D eigenvalue weighted by atomic mass is 9.92. The molecule has 3 amide bonds. The maximum Gasteiger partial charge on any atom is 0.289 e. The SMILES string of the molecule is C=CCNC(=O)C(=O)C(CCCC)NC(=O)C1CCCN1C(=O)C(C)C(C)CC. The second kappa shape index (κ2) is 12.4. The van der Waals surface area contributed by atoms with Crippen molar-refractivity contribution in [2.24, 2.45) is 11.8 Å². The van der Waals surface area contributed by atoms with E-state index in [0.29, 0.717) is 25.8 Å². The van der Waals surface area contributed by atoms with Gasteiger partial charge in [-0.25, -0.2) is 0 Å². The lowest BCUT2D eigenvalue weighted by molar-refractivity contribution is -0.144. The maximum absolute atomic E-state index is 12.9. The van der Waals surface area contributed by atoms with Crippen molar-refractivity contribution >= 4 is 23.5 Å². The second-order valence-electron chi connectivity index (χ2n) is 7.93. The fourth-order valence-corrected chi connectivity index (χ4v) is 3.52. The molecule has 0 aromatic carbocycles. The van der Waals surface area contributed by atoms with E-state index in [0.717, 1.165) is 19.3 Å². The van der Waals surface area contributed by atoms with Gasteiger partial charge in [-0.3, -0.25) is 19.2 Å². The normalized spacial score (nSPS) is 19.2. The number of amides is 3. The quantitative estimate of drug-likeness (QED) is 0.383. The summed E-state index contributed by atoms with van der Waals surface area (Å²) in [5, 5.41) is 5.22. The largest absolute Gasteiger partial charge is 0.346 e. The van der Waals surface area contributed by atoms with Gasteiger partial charge in [-0.2, -0.15) is 0 Å². The van der Waals surface area contributed by atoms with E-state index in [1.165, 1.54) is 6.08 Å². The number of nitrogens with one attached hydrogen (secondary N) is 2. The van der Waals surface area contributed by atoms with Crippen LogP contribution in [-0.4, -0.2) is 53.6 Å². The molecule has 1 rings (SSSR count). The fourth-order valence-electron chi connectivity index (χ4n) is 3.52. The predicted molar refractivity (Wildman–Crippen MR) is 113 cm³/mol. The van der Waals surface area contributed by atoms with Crippen molar-refractivity contribution in [3.8, 4) is 0 Å². The maximum atomic E-state index is 12.9. The molecule has 0 radical (unpaired) electrons. The first-order chi connectivity index (χ1) is 13.8. The molecular weight excluding hydrogens is 370 g/mol. The average molecular weight is 408 g/mol. The highest BCUT2D eigenvalue weighted by atomic mass is 16.2. The van der Waals surface area contributed by atoms with Crippen LogP contribution in [0.2, 0.25) is 0 Å². The van der Waals surface area contributed by atoms with Crippen molar-refractivity contribution in [1.82, 2.24) is 15.5 Å². The van der Waals surface area contributed by atoms with Crippen molar-refractivity contribution in [1.29, 1.82) is 0 Å². The van der Waals surface area contributed by atoms with Gasteiger partial charge in [0, 0.05) is 19.0 Å². The number of rotatable bonds is 12. The van der Waals surface area contributed by atoms with E-state index in [-0.39, 0.29) is 30.2 Å². The summed E-state index contributed by atoms with van der Waals surface area (Å²) in [5.74, 6) is -1.67. The Kier molecular flexibility index (Phi) is 10.6. The smallest absolute Gasteiger partial charge is 0.289 e. The van der Waals surface area contributed by atoms with Crippen LogP contribution in [-0.2, 0) is 19.2 Å². The zero-order chi connectivity index (χ0) is 22.0. The summed E-state index contributed by atoms with van der Waals surface area (Å²) < 4.78 is 0. The van der Waals surface area contributed by atoms with Gasteiger partial charge in [0.1, 0.15) is 6.04 Å². The van der Waals surface area contributed by atoms with Crippen LogP contribution in [0.5, 0.6) is 0 Å². The van der Waals surface area contributed by atoms with Gasteiger partial charge in [0.2, 0.25) is 17.6 Å². The van der Waals surface area contributed by atoms with Gasteiger partial charge in [0.05, 0.1) is 6.04 Å². The van der Waals surface area contributed by atoms with E-state index < -0.39 is 23.8 Å². The minimum atomic E-state index is -0.878. The van der Waals surface area contributed by atoms with E-state index in [1.807, 2.05) is 27.7 Å². The molecule has 0 saturated carbocycles. The molecule has 0 spiro atoms. The van der Waals surface area contributed by atoms with E-state index in [2.05, 4.69) is 17.2 Å². The highest BCUT2D eigenvalue weighted by Crippen LogP contribution is 2.24. The van der Waals surface area contributed by atoms with E-state index in [9.17, 15) is 19.2 Å². The fraction of sp³-hybridized carbons (Fsp3) is 0.727. The van der Waals surface area contributed by atoms with E-state index in [1.54, 1.807) is 4.90 Å². The summed E-state index contributed by atoms with van der Waals surface area (Å²) in [6.07, 6.45) is 5.66. The van der Waals surface area contributed by atoms with E-state index in [4.69, 9.17) is 0 Å². The van der Waals surface area contributed by atoms with Gasteiger partial charge in [0.25, 0.3) is 5.91 Å². The molecule has 0 bridgehead atoms. The number of nitrogens with zero attached hydrogens (tertiary/aromatic N) is 1. The van der Waals surface area contributed by atoms with Crippen molar-refractivity contribution < 1.29 is 19.2 Å². The van der Waals surface area contributed by atoms with Gasteiger partial charge in [-0.15, -0.1) is 6.58 Å². The van der Waals surface area contributed by atoms with Crippen LogP contribution < -0.4 is 10.6 Å². The Morgan fingerprint density at radius 3 is 2.48 bits per heavy atom. The number of hydrogen-bond donors (Lipinski definition) is 2. The molecule has 0 aliphatic carbocycles. The first-order valence-electron chi connectivity index (χ1n) is 10.8. The molecule has 0 aromatic rings. The van der Waals surface area contributed by atoms with Crippen LogP contribution in [0.15, 0.2) is 12.7 Å². The molecule has 7 heteroatoms. The molecule has 1 saturated heterocycles. The summed E-state index contributed by atoms with van der Waals surface area (Å²) in [5.41, 5.74) is 0. The molecule has 4 atom stereocenters. The third-order valence-electron chi connectivity index (χ3n) is 5.84. The zero-order valence-electron chi connectivity index (χ0n) is 18.3. The lowest BCUT2D eigenvalue weighted by Gasteiger charge is -2.30. The molecule has 164 valence electrons. The van der Waals surface area contributed by atoms with Crippen LogP contribution in [0.25, 0.3) is 0 Å². The summed E-state index contributed by atoms with van der Waals surface area (Å²) in [6, 6.07) is -1.46. The molecule has 1 heterocycles. The molecule has 4 unspecified atom stereocenters. The Hall–Kier alpha value is -2.18. The first-order valence-corrected chi connectivity index (χ1v) is 10.8. The summed E-state index contributed by atoms with van der Waals surface area (Å²) in [4.78, 5) is 52.0. The number of unbranched alkanes of at least 4 members (excludes halogenated alkanes) is 1. The van der Waals surface area contributed by atoms with Crippen LogP contribution in [0.4, 0.5) is 0 Å². The number of ketones is 1. The summed E-state index contributed by atoms with van der Waals surface area (Å²) in [6.45, 7) is 12.2. The Labute approximate surface area is 174 Å². The molecule has 0 aromatic heterocycles. The molecule has 1 aliphatic rings. The standard InChI is InChI=1S/C22H37N3O4/c1-6-9-11-17(19(26)21(28)23-13-7-2)24-20(27)18-12-10-14-25(18)22(29)16(5)15(4)8-3/h7,15-18H,2,6,8-14H2,1,3-5H3,(H,23,28)(H,24,27). The van der Waals surface area contributed by atoms with Crippen molar-refractivity contribution in [2.45, 2.75) is 78.3 Å². The molecule has 7 nitrogen and oxygen atoms in total. The van der Waals surface area contributed by atoms with Crippen LogP contribution in [0, 0.1) is 11.8 Å². The molecule has 1 aliphatic heterocycles. The Morgan fingerprint density at radius 1 is 1.21 bits per heavy atom. The van der Waals surface area contributed by atoms with Crippen molar-refractivity contribution in [3.05, 3.63) is 12.7 Å². The van der Waals surface area contributed by atoms with Crippen molar-refractivity contribution in [3.63, 3.8) is 0 Å². The third-order valence-corrected chi connectivity index (χ3v) is 5.84. The van der Waals surface area contributed by atoms with Crippen LogP contribution in [0.3, 0.4) is 0 Å². The Balaban J connectivity index is 2.86. The Morgan fingerprint density at radius 2 is 1.90 bits per heavy atom. The van der Waals surface area contributed by atoms with Gasteiger partial charge in [-0.05, 0) is 25.2 Å². The van der Waals surface area contributed by atoms with Gasteiger partial charge >= 0.3 is 0 Å². The first kappa shape index (κ1) is 24.9. The van der Waals surface area contributed by atoms with Crippen LogP contribution in [0.1, 0.15) is 66.2 Å². The topological polar surface area (TPSA) is 95.6 Å². The monoisotopic (exact) mass is 407 g/mol. The minimum absolute atomic E-state index is 0.0165. The summed E-state index contributed by atoms with van der Waals surface area (Å²) >= 11 is 0. The third kappa shape index (κ3) is 6.98. The number of carbonyl (C=O) groups is 4. The van der Waals surface area contributed by atoms with Crippen LogP contribution >= 0.6 is 0 Å². The highest BCUT2D eigenvalue weighted by Gasteiger charge is 2.38. The number of Topliss-reactive ketones (excluding diaryl/α,β-unsaturated/α-hetero) is 1. The van der Waals surface area contributed by atoms with Gasteiger partial charge in [0.15, 0.2) is 0 Å². The van der Waals surface area contributed by atoms with Crippen molar-refractivity contribution in [2.75, 3.05) is 13.1 Å². The lowest BCUT2D eigenvalue weighted by Crippen LogP contribution is -2.54. The molecule has 2 N–H and O–H groups in total. The van der Waals surface area contributed by atoms with E-state index >= 15 is 0 Å². The van der Waals surface area contributed by atoms with Gasteiger partial charge in [-0.1, -0.05) is 53.0 Å². The molecule has 29 heavy (non-hydrogen) atoms. The Bertz CT molecular complexity index is 605. The number of carbonyl (C=O) groups excluding carboxylic acids is 4. The predicted octanol–water partition coefficient (Wildman–Crippen LogP) is 2.21. The number of likely N-dealkylation sites (tertiary alicyclic amines) is 1. The average Bonchev–Trinajstić information content (AvgIpc) is 3.22.